The lowest BCUT2D eigenvalue weighted by molar-refractivity contribution is -0.147. The molecule has 1 rings (SSSR count). The van der Waals surface area contributed by atoms with Gasteiger partial charge in [0, 0.05) is 12.5 Å². The van der Waals surface area contributed by atoms with E-state index in [9.17, 15) is 4.79 Å². The van der Waals surface area contributed by atoms with Crippen LogP contribution < -0.4 is 0 Å². The maximum Gasteiger partial charge on any atom is 0.312 e. The average Bonchev–Trinajstić information content (AvgIpc) is 2.66. The lowest BCUT2D eigenvalue weighted by Gasteiger charge is -2.09. The van der Waals surface area contributed by atoms with E-state index in [1.807, 2.05) is 12.2 Å². The van der Waals surface area contributed by atoms with Crippen molar-refractivity contribution in [1.82, 2.24) is 0 Å². The Balaban J connectivity index is 2.23. The van der Waals surface area contributed by atoms with Crippen molar-refractivity contribution in [1.29, 1.82) is 0 Å². The van der Waals surface area contributed by atoms with Gasteiger partial charge in [0.05, 0.1) is 12.5 Å². The molecule has 1 aliphatic rings. The number of hydrogen-bond donors (Lipinski definition) is 1. The van der Waals surface area contributed by atoms with Gasteiger partial charge in [0.1, 0.15) is 0 Å². The van der Waals surface area contributed by atoms with Crippen molar-refractivity contribution in [3.63, 3.8) is 0 Å². The monoisotopic (exact) mass is 198 g/mol. The highest BCUT2D eigenvalue weighted by Crippen LogP contribution is 2.24. The van der Waals surface area contributed by atoms with Crippen molar-refractivity contribution < 1.29 is 14.6 Å². The molecule has 2 unspecified atom stereocenters. The molecule has 1 aliphatic carbocycles. The summed E-state index contributed by atoms with van der Waals surface area (Å²) in [7, 11) is 0. The predicted molar refractivity (Wildman–Crippen MR) is 53.7 cm³/mol. The molecule has 1 N–H and O–H groups in total. The van der Waals surface area contributed by atoms with E-state index < -0.39 is 0 Å². The second-order valence-corrected chi connectivity index (χ2v) is 3.69. The number of esters is 1. The highest BCUT2D eigenvalue weighted by molar-refractivity contribution is 5.75. The van der Waals surface area contributed by atoms with Gasteiger partial charge in [-0.2, -0.15) is 0 Å². The molecule has 0 bridgehead atoms. The maximum atomic E-state index is 11.4. The fourth-order valence-corrected chi connectivity index (χ4v) is 1.51. The van der Waals surface area contributed by atoms with E-state index in [-0.39, 0.29) is 24.4 Å². The van der Waals surface area contributed by atoms with E-state index in [2.05, 4.69) is 6.92 Å². The number of aliphatic hydroxyl groups is 1. The smallest absolute Gasteiger partial charge is 0.312 e. The van der Waals surface area contributed by atoms with Crippen LogP contribution in [0.3, 0.4) is 0 Å². The van der Waals surface area contributed by atoms with Crippen molar-refractivity contribution in [2.24, 2.45) is 11.8 Å². The molecule has 0 saturated heterocycles. The van der Waals surface area contributed by atoms with Crippen LogP contribution in [0.15, 0.2) is 12.2 Å². The number of unbranched alkanes of at least 4 members (excludes halogenated alkanes) is 1. The minimum absolute atomic E-state index is 0.120. The zero-order chi connectivity index (χ0) is 10.4. The standard InChI is InChI=1S/C11H18O3/c1-2-3-6-14-11(13)10-5-4-9(7-10)8-12/h4-5,9-10,12H,2-3,6-8H2,1H3. The van der Waals surface area contributed by atoms with Gasteiger partial charge in [0.2, 0.25) is 0 Å². The zero-order valence-electron chi connectivity index (χ0n) is 8.61. The molecule has 0 aliphatic heterocycles. The van der Waals surface area contributed by atoms with Gasteiger partial charge in [-0.25, -0.2) is 0 Å². The van der Waals surface area contributed by atoms with Crippen LogP contribution in [0.25, 0.3) is 0 Å². The molecule has 0 amide bonds. The van der Waals surface area contributed by atoms with E-state index in [4.69, 9.17) is 9.84 Å². The van der Waals surface area contributed by atoms with Crippen LogP contribution in [0, 0.1) is 11.8 Å². The number of hydrogen-bond acceptors (Lipinski definition) is 3. The third-order valence-electron chi connectivity index (χ3n) is 2.45. The summed E-state index contributed by atoms with van der Waals surface area (Å²) in [6, 6.07) is 0. The quantitative estimate of drug-likeness (QED) is 0.414. The van der Waals surface area contributed by atoms with Gasteiger partial charge < -0.3 is 9.84 Å². The van der Waals surface area contributed by atoms with Gasteiger partial charge in [0.25, 0.3) is 0 Å². The van der Waals surface area contributed by atoms with Crippen molar-refractivity contribution in [2.75, 3.05) is 13.2 Å². The zero-order valence-corrected chi connectivity index (χ0v) is 8.61. The van der Waals surface area contributed by atoms with Gasteiger partial charge in [-0.15, -0.1) is 0 Å². The molecule has 80 valence electrons. The molecular formula is C11H18O3. The minimum Gasteiger partial charge on any atom is -0.465 e. The normalized spacial score (nSPS) is 25.3. The van der Waals surface area contributed by atoms with Crippen LogP contribution in [-0.2, 0) is 9.53 Å². The molecule has 14 heavy (non-hydrogen) atoms. The maximum absolute atomic E-state index is 11.4. The second kappa shape index (κ2) is 5.81. The van der Waals surface area contributed by atoms with Crippen LogP contribution >= 0.6 is 0 Å². The van der Waals surface area contributed by atoms with Crippen LogP contribution in [0.2, 0.25) is 0 Å². The lowest BCUT2D eigenvalue weighted by atomic mass is 10.0. The molecular weight excluding hydrogens is 180 g/mol. The Hall–Kier alpha value is -0.830. The summed E-state index contributed by atoms with van der Waals surface area (Å²) < 4.78 is 5.09. The molecule has 0 aromatic heterocycles. The Bertz CT molecular complexity index is 211. The van der Waals surface area contributed by atoms with Crippen molar-refractivity contribution in [2.45, 2.75) is 26.2 Å². The first-order valence-electron chi connectivity index (χ1n) is 5.23. The molecule has 0 radical (unpaired) electrons. The highest BCUT2D eigenvalue weighted by atomic mass is 16.5. The van der Waals surface area contributed by atoms with E-state index in [0.717, 1.165) is 12.8 Å². The van der Waals surface area contributed by atoms with E-state index in [1.165, 1.54) is 0 Å². The largest absolute Gasteiger partial charge is 0.465 e. The molecule has 3 heteroatoms. The van der Waals surface area contributed by atoms with Crippen molar-refractivity contribution >= 4 is 5.97 Å². The Morgan fingerprint density at radius 3 is 2.93 bits per heavy atom. The van der Waals surface area contributed by atoms with Crippen LogP contribution in [-0.4, -0.2) is 24.3 Å². The first-order chi connectivity index (χ1) is 6.77. The third kappa shape index (κ3) is 3.14. The second-order valence-electron chi connectivity index (χ2n) is 3.69. The molecule has 0 spiro atoms. The fraction of sp³-hybridized carbons (Fsp3) is 0.727. The average molecular weight is 198 g/mol. The molecule has 3 nitrogen and oxygen atoms in total. The van der Waals surface area contributed by atoms with E-state index in [1.54, 1.807) is 0 Å². The Morgan fingerprint density at radius 2 is 2.36 bits per heavy atom. The predicted octanol–water partition coefficient (Wildman–Crippen LogP) is 1.51. The van der Waals surface area contributed by atoms with Crippen LogP contribution in [0.5, 0.6) is 0 Å². The Labute approximate surface area is 84.8 Å². The lowest BCUT2D eigenvalue weighted by Crippen LogP contribution is -2.16. The van der Waals surface area contributed by atoms with E-state index in [0.29, 0.717) is 13.0 Å². The molecule has 0 saturated carbocycles. The summed E-state index contributed by atoms with van der Waals surface area (Å²) in [4.78, 5) is 11.4. The Morgan fingerprint density at radius 1 is 1.57 bits per heavy atom. The van der Waals surface area contributed by atoms with Crippen LogP contribution in [0.4, 0.5) is 0 Å². The Kier molecular flexibility index (Phi) is 4.66. The van der Waals surface area contributed by atoms with Gasteiger partial charge in [-0.3, -0.25) is 4.79 Å². The molecule has 0 aromatic carbocycles. The summed E-state index contributed by atoms with van der Waals surface area (Å²) >= 11 is 0. The topological polar surface area (TPSA) is 46.5 Å². The molecule has 0 heterocycles. The summed E-state index contributed by atoms with van der Waals surface area (Å²) in [5.41, 5.74) is 0. The van der Waals surface area contributed by atoms with Gasteiger partial charge >= 0.3 is 5.97 Å². The molecule has 0 aromatic rings. The SMILES string of the molecule is CCCCOC(=O)C1C=CC(CO)C1. The molecule has 0 fully saturated rings. The first kappa shape index (κ1) is 11.2. The van der Waals surface area contributed by atoms with Crippen molar-refractivity contribution in [3.05, 3.63) is 12.2 Å². The van der Waals surface area contributed by atoms with Crippen molar-refractivity contribution in [3.8, 4) is 0 Å². The first-order valence-corrected chi connectivity index (χ1v) is 5.23. The van der Waals surface area contributed by atoms with Crippen LogP contribution in [0.1, 0.15) is 26.2 Å². The van der Waals surface area contributed by atoms with Gasteiger partial charge in [-0.1, -0.05) is 25.5 Å². The van der Waals surface area contributed by atoms with E-state index >= 15 is 0 Å². The fourth-order valence-electron chi connectivity index (χ4n) is 1.51. The summed E-state index contributed by atoms with van der Waals surface area (Å²) in [5, 5.41) is 8.88. The van der Waals surface area contributed by atoms with Gasteiger partial charge in [0.15, 0.2) is 0 Å². The minimum atomic E-state index is -0.148. The number of ether oxygens (including phenoxy) is 1. The number of carbonyl (C=O) groups excluding carboxylic acids is 1. The summed E-state index contributed by atoms with van der Waals surface area (Å²) in [6.45, 7) is 2.70. The summed E-state index contributed by atoms with van der Waals surface area (Å²) in [6.07, 6.45) is 6.39. The number of rotatable bonds is 5. The van der Waals surface area contributed by atoms with Gasteiger partial charge in [-0.05, 0) is 12.8 Å². The third-order valence-corrected chi connectivity index (χ3v) is 2.45. The summed E-state index contributed by atoms with van der Waals surface area (Å²) in [5.74, 6) is -0.145. The number of aliphatic hydroxyl groups excluding tert-OH is 1. The highest BCUT2D eigenvalue weighted by Gasteiger charge is 2.25. The molecule has 2 atom stereocenters. The number of carbonyl (C=O) groups is 1.